The number of anilines is 1. The number of furan rings is 1. The van der Waals surface area contributed by atoms with Crippen molar-refractivity contribution in [3.05, 3.63) is 51.4 Å². The summed E-state index contributed by atoms with van der Waals surface area (Å²) in [6, 6.07) is 6.99. The highest BCUT2D eigenvalue weighted by Gasteiger charge is 2.18. The summed E-state index contributed by atoms with van der Waals surface area (Å²) in [7, 11) is 0. The number of aryl methyl sites for hydroxylation is 2. The first-order chi connectivity index (χ1) is 8.00. The molecule has 2 N–H and O–H groups in total. The summed E-state index contributed by atoms with van der Waals surface area (Å²) in [6.07, 6.45) is 0. The van der Waals surface area contributed by atoms with Gasteiger partial charge in [-0.3, -0.25) is 4.79 Å². The Morgan fingerprint density at radius 1 is 1.29 bits per heavy atom. The fraction of sp³-hybridized carbons (Fsp3) is 0.154. The fourth-order valence-corrected chi connectivity index (χ4v) is 2.17. The van der Waals surface area contributed by atoms with Gasteiger partial charge in [0.1, 0.15) is 11.5 Å². The molecule has 0 radical (unpaired) electrons. The average Bonchev–Trinajstić information content (AvgIpc) is 2.61. The summed E-state index contributed by atoms with van der Waals surface area (Å²) in [5.41, 5.74) is 7.43. The van der Waals surface area contributed by atoms with Gasteiger partial charge in [0.25, 0.3) is 0 Å². The molecule has 0 atom stereocenters. The highest BCUT2D eigenvalue weighted by atomic mass is 79.9. The number of carbonyl (C=O) groups is 1. The lowest BCUT2D eigenvalue weighted by Crippen LogP contribution is -2.04. The Bertz CT molecular complexity index is 587. The fourth-order valence-electron chi connectivity index (χ4n) is 1.73. The molecule has 0 saturated heterocycles. The third kappa shape index (κ3) is 2.13. The van der Waals surface area contributed by atoms with Crippen LogP contribution < -0.4 is 5.73 Å². The third-order valence-electron chi connectivity index (χ3n) is 2.56. The molecule has 2 rings (SSSR count). The van der Waals surface area contributed by atoms with Gasteiger partial charge >= 0.3 is 0 Å². The van der Waals surface area contributed by atoms with E-state index in [1.165, 1.54) is 0 Å². The van der Waals surface area contributed by atoms with Crippen LogP contribution in [-0.2, 0) is 0 Å². The molecule has 0 bridgehead atoms. The lowest BCUT2D eigenvalue weighted by atomic mass is 10.0. The predicted octanol–water partition coefficient (Wildman–Crippen LogP) is 3.47. The first kappa shape index (κ1) is 11.9. The molecule has 88 valence electrons. The van der Waals surface area contributed by atoms with E-state index in [2.05, 4.69) is 15.9 Å². The Labute approximate surface area is 108 Å². The molecular formula is C13H12BrNO2. The van der Waals surface area contributed by atoms with Crippen LogP contribution >= 0.6 is 15.9 Å². The minimum Gasteiger partial charge on any atom is -0.466 e. The van der Waals surface area contributed by atoms with Crippen LogP contribution in [0.25, 0.3) is 0 Å². The van der Waals surface area contributed by atoms with E-state index in [0.717, 1.165) is 5.76 Å². The lowest BCUT2D eigenvalue weighted by molar-refractivity contribution is 0.103. The van der Waals surface area contributed by atoms with Crippen molar-refractivity contribution in [2.45, 2.75) is 13.8 Å². The van der Waals surface area contributed by atoms with Gasteiger partial charge in [-0.05, 0) is 48.0 Å². The number of ketones is 1. The molecule has 0 aliphatic rings. The van der Waals surface area contributed by atoms with Gasteiger partial charge in [-0.15, -0.1) is 0 Å². The summed E-state index contributed by atoms with van der Waals surface area (Å²) < 4.78 is 5.99. The van der Waals surface area contributed by atoms with E-state index in [1.54, 1.807) is 31.2 Å². The maximum Gasteiger partial charge on any atom is 0.197 e. The Morgan fingerprint density at radius 3 is 2.59 bits per heavy atom. The molecule has 1 aromatic carbocycles. The first-order valence-corrected chi connectivity index (χ1v) is 5.95. The predicted molar refractivity (Wildman–Crippen MR) is 70.2 cm³/mol. The summed E-state index contributed by atoms with van der Waals surface area (Å²) in [5.74, 6) is 1.27. The van der Waals surface area contributed by atoms with E-state index in [0.29, 0.717) is 27.0 Å². The maximum atomic E-state index is 12.3. The van der Waals surface area contributed by atoms with Crippen molar-refractivity contribution in [3.8, 4) is 0 Å². The van der Waals surface area contributed by atoms with Crippen molar-refractivity contribution in [1.82, 2.24) is 0 Å². The third-order valence-corrected chi connectivity index (χ3v) is 3.44. The molecule has 0 aliphatic carbocycles. The van der Waals surface area contributed by atoms with Crippen LogP contribution in [-0.4, -0.2) is 5.78 Å². The monoisotopic (exact) mass is 293 g/mol. The van der Waals surface area contributed by atoms with Gasteiger partial charge in [-0.25, -0.2) is 0 Å². The molecule has 0 aliphatic heterocycles. The van der Waals surface area contributed by atoms with Crippen molar-refractivity contribution in [3.63, 3.8) is 0 Å². The van der Waals surface area contributed by atoms with E-state index < -0.39 is 0 Å². The number of halogens is 1. The lowest BCUT2D eigenvalue weighted by Gasteiger charge is -2.04. The molecule has 4 heteroatoms. The van der Waals surface area contributed by atoms with Crippen molar-refractivity contribution >= 4 is 27.4 Å². The molecule has 0 spiro atoms. The number of hydrogen-bond donors (Lipinski definition) is 1. The molecule has 0 saturated carbocycles. The summed E-state index contributed by atoms with van der Waals surface area (Å²) in [6.45, 7) is 3.60. The Kier molecular flexibility index (Phi) is 3.07. The zero-order chi connectivity index (χ0) is 12.6. The van der Waals surface area contributed by atoms with Crippen molar-refractivity contribution < 1.29 is 9.21 Å². The molecule has 3 nitrogen and oxygen atoms in total. The smallest absolute Gasteiger partial charge is 0.197 e. The van der Waals surface area contributed by atoms with E-state index in [4.69, 9.17) is 10.2 Å². The second-order valence-corrected chi connectivity index (χ2v) is 4.66. The number of hydrogen-bond acceptors (Lipinski definition) is 3. The van der Waals surface area contributed by atoms with E-state index in [1.807, 2.05) is 6.92 Å². The molecule has 1 heterocycles. The first-order valence-electron chi connectivity index (χ1n) is 5.16. The van der Waals surface area contributed by atoms with Gasteiger partial charge in [-0.2, -0.15) is 0 Å². The molecule has 0 unspecified atom stereocenters. The quantitative estimate of drug-likeness (QED) is 0.681. The van der Waals surface area contributed by atoms with Gasteiger partial charge in [0.2, 0.25) is 0 Å². The van der Waals surface area contributed by atoms with Crippen molar-refractivity contribution in [1.29, 1.82) is 0 Å². The standard InChI is InChI=1S/C13H12BrNO2/c1-7-6-10(8(2)17-7)13(16)9-4-3-5-11(15)12(9)14/h3-6H,15H2,1-2H3. The summed E-state index contributed by atoms with van der Waals surface area (Å²) in [5, 5.41) is 0. The Morgan fingerprint density at radius 2 is 2.00 bits per heavy atom. The van der Waals surface area contributed by atoms with Crippen LogP contribution in [0.4, 0.5) is 5.69 Å². The topological polar surface area (TPSA) is 56.2 Å². The van der Waals surface area contributed by atoms with Crippen LogP contribution in [0.1, 0.15) is 27.4 Å². The SMILES string of the molecule is Cc1cc(C(=O)c2cccc(N)c2Br)c(C)o1. The zero-order valence-corrected chi connectivity index (χ0v) is 11.2. The Hall–Kier alpha value is -1.55. The molecule has 1 aromatic heterocycles. The summed E-state index contributed by atoms with van der Waals surface area (Å²) >= 11 is 3.33. The second kappa shape index (κ2) is 4.37. The molecule has 0 amide bonds. The maximum absolute atomic E-state index is 12.3. The number of nitrogens with two attached hydrogens (primary N) is 1. The van der Waals surface area contributed by atoms with Crippen LogP contribution in [0.2, 0.25) is 0 Å². The number of nitrogen functional groups attached to an aromatic ring is 1. The van der Waals surface area contributed by atoms with Crippen LogP contribution in [0.5, 0.6) is 0 Å². The highest BCUT2D eigenvalue weighted by Crippen LogP contribution is 2.27. The van der Waals surface area contributed by atoms with E-state index >= 15 is 0 Å². The molecule has 17 heavy (non-hydrogen) atoms. The Balaban J connectivity index is 2.51. The normalized spacial score (nSPS) is 10.5. The highest BCUT2D eigenvalue weighted by molar-refractivity contribution is 9.10. The van der Waals surface area contributed by atoms with E-state index in [-0.39, 0.29) is 5.78 Å². The minimum atomic E-state index is -0.0847. The number of rotatable bonds is 2. The van der Waals surface area contributed by atoms with Crippen LogP contribution in [0.15, 0.2) is 33.2 Å². The number of benzene rings is 1. The summed E-state index contributed by atoms with van der Waals surface area (Å²) in [4.78, 5) is 12.3. The second-order valence-electron chi connectivity index (χ2n) is 3.86. The van der Waals surface area contributed by atoms with Crippen LogP contribution in [0.3, 0.4) is 0 Å². The van der Waals surface area contributed by atoms with Gasteiger partial charge in [0.15, 0.2) is 5.78 Å². The zero-order valence-electron chi connectivity index (χ0n) is 9.58. The van der Waals surface area contributed by atoms with Gasteiger partial charge in [-0.1, -0.05) is 6.07 Å². The number of carbonyl (C=O) groups excluding carboxylic acids is 1. The molecular weight excluding hydrogens is 282 g/mol. The molecule has 2 aromatic rings. The van der Waals surface area contributed by atoms with Crippen LogP contribution in [0, 0.1) is 13.8 Å². The largest absolute Gasteiger partial charge is 0.466 e. The van der Waals surface area contributed by atoms with Gasteiger partial charge in [0.05, 0.1) is 10.0 Å². The van der Waals surface area contributed by atoms with Crippen molar-refractivity contribution in [2.75, 3.05) is 5.73 Å². The van der Waals surface area contributed by atoms with Crippen molar-refractivity contribution in [2.24, 2.45) is 0 Å². The molecule has 0 fully saturated rings. The van der Waals surface area contributed by atoms with E-state index in [9.17, 15) is 4.79 Å². The minimum absolute atomic E-state index is 0.0847. The van der Waals surface area contributed by atoms with Gasteiger partial charge < -0.3 is 10.2 Å². The average molecular weight is 294 g/mol. The van der Waals surface area contributed by atoms with Gasteiger partial charge in [0, 0.05) is 11.3 Å².